The zero-order chi connectivity index (χ0) is 15.7. The van der Waals surface area contributed by atoms with E-state index in [1.165, 1.54) is 17.8 Å². The number of carbonyl (C=O) groups is 1. The molecular formula is C15H11BrN2O3S. The highest BCUT2D eigenvalue weighted by Crippen LogP contribution is 2.44. The quantitative estimate of drug-likeness (QED) is 0.594. The van der Waals surface area contributed by atoms with Crippen LogP contribution in [0.25, 0.3) is 0 Å². The minimum Gasteiger partial charge on any atom is -0.295 e. The Morgan fingerprint density at radius 1 is 1.18 bits per heavy atom. The van der Waals surface area contributed by atoms with Crippen LogP contribution in [0, 0.1) is 10.1 Å². The molecule has 1 aliphatic rings. The third-order valence-electron chi connectivity index (χ3n) is 3.37. The van der Waals surface area contributed by atoms with E-state index in [0.717, 1.165) is 10.2 Å². The molecule has 1 heterocycles. The number of carbonyl (C=O) groups excluding carboxylic acids is 1. The van der Waals surface area contributed by atoms with Crippen LogP contribution < -0.4 is 4.90 Å². The molecule has 0 radical (unpaired) electrons. The molecule has 112 valence electrons. The minimum absolute atomic E-state index is 0.0387. The van der Waals surface area contributed by atoms with Crippen LogP contribution in [0.1, 0.15) is 10.9 Å². The van der Waals surface area contributed by atoms with Gasteiger partial charge in [-0.1, -0.05) is 28.1 Å². The lowest BCUT2D eigenvalue weighted by molar-refractivity contribution is -0.385. The van der Waals surface area contributed by atoms with Gasteiger partial charge in [0.1, 0.15) is 5.37 Å². The van der Waals surface area contributed by atoms with Crippen molar-refractivity contribution in [3.8, 4) is 0 Å². The summed E-state index contributed by atoms with van der Waals surface area (Å²) in [6, 6.07) is 13.9. The Kier molecular flexibility index (Phi) is 4.17. The van der Waals surface area contributed by atoms with Gasteiger partial charge < -0.3 is 0 Å². The van der Waals surface area contributed by atoms with Gasteiger partial charge in [0.2, 0.25) is 5.91 Å². The molecule has 22 heavy (non-hydrogen) atoms. The second-order valence-electron chi connectivity index (χ2n) is 4.72. The predicted octanol–water partition coefficient (Wildman–Crippen LogP) is 4.14. The third-order valence-corrected chi connectivity index (χ3v) is 5.09. The van der Waals surface area contributed by atoms with Gasteiger partial charge in [0.15, 0.2) is 0 Å². The van der Waals surface area contributed by atoms with E-state index in [0.29, 0.717) is 11.3 Å². The smallest absolute Gasteiger partial charge is 0.275 e. The number of nitro groups is 1. The number of nitrogens with zero attached hydrogens (tertiary/aromatic N) is 2. The van der Waals surface area contributed by atoms with E-state index in [-0.39, 0.29) is 17.0 Å². The van der Waals surface area contributed by atoms with Crippen LogP contribution in [-0.2, 0) is 4.79 Å². The van der Waals surface area contributed by atoms with Crippen molar-refractivity contribution in [2.75, 3.05) is 10.7 Å². The Hall–Kier alpha value is -1.86. The van der Waals surface area contributed by atoms with Gasteiger partial charge in [-0.15, -0.1) is 11.8 Å². The second kappa shape index (κ2) is 6.10. The summed E-state index contributed by atoms with van der Waals surface area (Å²) in [7, 11) is 0. The molecule has 0 saturated carbocycles. The Morgan fingerprint density at radius 2 is 1.86 bits per heavy atom. The number of rotatable bonds is 3. The SMILES string of the molecule is O=C1CS[C@@H](c2ccccc2[N+](=O)[O-])N1c1ccc(Br)cc1. The fourth-order valence-electron chi connectivity index (χ4n) is 2.40. The zero-order valence-electron chi connectivity index (χ0n) is 11.3. The van der Waals surface area contributed by atoms with Crippen molar-refractivity contribution >= 4 is 45.0 Å². The Balaban J connectivity index is 2.05. The van der Waals surface area contributed by atoms with Crippen molar-refractivity contribution < 1.29 is 9.72 Å². The van der Waals surface area contributed by atoms with Gasteiger partial charge >= 0.3 is 0 Å². The van der Waals surface area contributed by atoms with Crippen LogP contribution in [0.3, 0.4) is 0 Å². The first-order valence-electron chi connectivity index (χ1n) is 6.50. The summed E-state index contributed by atoms with van der Waals surface area (Å²) in [5.74, 6) is 0.266. The van der Waals surface area contributed by atoms with Gasteiger partial charge in [0, 0.05) is 16.2 Å². The molecule has 1 amide bonds. The molecule has 1 saturated heterocycles. The van der Waals surface area contributed by atoms with Gasteiger partial charge in [-0.2, -0.15) is 0 Å². The summed E-state index contributed by atoms with van der Waals surface area (Å²) in [5.41, 5.74) is 1.32. The lowest BCUT2D eigenvalue weighted by Crippen LogP contribution is -2.28. The van der Waals surface area contributed by atoms with Crippen LogP contribution in [0.15, 0.2) is 53.0 Å². The molecule has 0 N–H and O–H groups in total. The summed E-state index contributed by atoms with van der Waals surface area (Å²) >= 11 is 4.76. The van der Waals surface area contributed by atoms with E-state index < -0.39 is 4.92 Å². The molecule has 0 aliphatic carbocycles. The van der Waals surface area contributed by atoms with Crippen LogP contribution in [-0.4, -0.2) is 16.6 Å². The molecule has 0 bridgehead atoms. The molecular weight excluding hydrogens is 368 g/mol. The van der Waals surface area contributed by atoms with Crippen LogP contribution in [0.2, 0.25) is 0 Å². The molecule has 1 fully saturated rings. The van der Waals surface area contributed by atoms with Crippen molar-refractivity contribution in [2.45, 2.75) is 5.37 Å². The first kappa shape index (κ1) is 15.1. The number of para-hydroxylation sites is 1. The molecule has 0 unspecified atom stereocenters. The molecule has 2 aromatic carbocycles. The van der Waals surface area contributed by atoms with Gasteiger partial charge in [-0.25, -0.2) is 0 Å². The fraction of sp³-hybridized carbons (Fsp3) is 0.133. The maximum atomic E-state index is 12.2. The number of hydrogen-bond donors (Lipinski definition) is 0. The number of amides is 1. The monoisotopic (exact) mass is 378 g/mol. The lowest BCUT2D eigenvalue weighted by Gasteiger charge is -2.24. The molecule has 1 atom stereocenters. The molecule has 0 aromatic heterocycles. The van der Waals surface area contributed by atoms with Crippen LogP contribution >= 0.6 is 27.7 Å². The van der Waals surface area contributed by atoms with E-state index in [4.69, 9.17) is 0 Å². The average Bonchev–Trinajstić information content (AvgIpc) is 2.90. The molecule has 1 aliphatic heterocycles. The van der Waals surface area contributed by atoms with Crippen molar-refractivity contribution in [3.05, 3.63) is 68.7 Å². The summed E-state index contributed by atoms with van der Waals surface area (Å²) in [4.78, 5) is 24.7. The van der Waals surface area contributed by atoms with Gasteiger partial charge in [0.25, 0.3) is 5.69 Å². The molecule has 2 aromatic rings. The van der Waals surface area contributed by atoms with Gasteiger partial charge in [-0.05, 0) is 30.3 Å². The fourth-order valence-corrected chi connectivity index (χ4v) is 3.87. The topological polar surface area (TPSA) is 63.4 Å². The highest BCUT2D eigenvalue weighted by Gasteiger charge is 2.37. The number of nitro benzene ring substituents is 1. The summed E-state index contributed by atoms with van der Waals surface area (Å²) in [6.45, 7) is 0. The van der Waals surface area contributed by atoms with E-state index >= 15 is 0 Å². The number of anilines is 1. The standard InChI is InChI=1S/C15H11BrN2O3S/c16-10-5-7-11(8-6-10)17-14(19)9-22-15(17)12-3-1-2-4-13(12)18(20)21/h1-8,15H,9H2/t15-/m0/s1. The minimum atomic E-state index is -0.404. The zero-order valence-corrected chi connectivity index (χ0v) is 13.7. The van der Waals surface area contributed by atoms with E-state index in [1.54, 1.807) is 23.1 Å². The molecule has 3 rings (SSSR count). The summed E-state index contributed by atoms with van der Waals surface area (Å²) in [5, 5.41) is 10.9. The maximum Gasteiger partial charge on any atom is 0.275 e. The average molecular weight is 379 g/mol. The highest BCUT2D eigenvalue weighted by atomic mass is 79.9. The highest BCUT2D eigenvalue weighted by molar-refractivity contribution is 9.10. The van der Waals surface area contributed by atoms with E-state index in [2.05, 4.69) is 15.9 Å². The lowest BCUT2D eigenvalue weighted by atomic mass is 10.1. The van der Waals surface area contributed by atoms with Crippen molar-refractivity contribution in [1.82, 2.24) is 0 Å². The largest absolute Gasteiger partial charge is 0.295 e. The maximum absolute atomic E-state index is 12.2. The number of thioether (sulfide) groups is 1. The van der Waals surface area contributed by atoms with Gasteiger partial charge in [-0.3, -0.25) is 19.8 Å². The van der Waals surface area contributed by atoms with Crippen molar-refractivity contribution in [2.24, 2.45) is 0 Å². The Morgan fingerprint density at radius 3 is 2.55 bits per heavy atom. The van der Waals surface area contributed by atoms with Crippen LogP contribution in [0.5, 0.6) is 0 Å². The van der Waals surface area contributed by atoms with Crippen molar-refractivity contribution in [1.29, 1.82) is 0 Å². The van der Waals surface area contributed by atoms with Crippen LogP contribution in [0.4, 0.5) is 11.4 Å². The first-order valence-corrected chi connectivity index (χ1v) is 8.34. The summed E-state index contributed by atoms with van der Waals surface area (Å²) in [6.07, 6.45) is 0. The summed E-state index contributed by atoms with van der Waals surface area (Å²) < 4.78 is 0.915. The second-order valence-corrected chi connectivity index (χ2v) is 6.70. The van der Waals surface area contributed by atoms with E-state index in [1.807, 2.05) is 24.3 Å². The number of hydrogen-bond acceptors (Lipinski definition) is 4. The molecule has 7 heteroatoms. The predicted molar refractivity (Wildman–Crippen MR) is 89.9 cm³/mol. The van der Waals surface area contributed by atoms with Crippen molar-refractivity contribution in [3.63, 3.8) is 0 Å². The van der Waals surface area contributed by atoms with E-state index in [9.17, 15) is 14.9 Å². The first-order chi connectivity index (χ1) is 10.6. The number of benzene rings is 2. The Labute approximate surface area is 139 Å². The molecule has 0 spiro atoms. The normalized spacial score (nSPS) is 17.8. The van der Waals surface area contributed by atoms with Gasteiger partial charge in [0.05, 0.1) is 16.2 Å². The number of halogens is 1. The third kappa shape index (κ3) is 2.74. The molecule has 5 nitrogen and oxygen atoms in total. The Bertz CT molecular complexity index is 736.